The number of carbonyl (C=O) groups is 1. The minimum atomic E-state index is -0.333. The summed E-state index contributed by atoms with van der Waals surface area (Å²) in [6.07, 6.45) is 1.85. The average molecular weight is 288 g/mol. The third-order valence-electron chi connectivity index (χ3n) is 4.25. The van der Waals surface area contributed by atoms with Crippen LogP contribution in [0.4, 0.5) is 5.69 Å². The van der Waals surface area contributed by atoms with E-state index in [1.165, 1.54) is 11.1 Å². The van der Waals surface area contributed by atoms with E-state index in [-0.39, 0.29) is 17.4 Å². The number of fused-ring (bicyclic) bond motifs is 1. The largest absolute Gasteiger partial charge is 0.327 e. The fourth-order valence-electron chi connectivity index (χ4n) is 2.71. The molecular weight excluding hydrogens is 260 g/mol. The van der Waals surface area contributed by atoms with Crippen molar-refractivity contribution < 1.29 is 4.79 Å². The molecule has 0 saturated carbocycles. The van der Waals surface area contributed by atoms with E-state index >= 15 is 0 Å². The Labute approximate surface area is 128 Å². The van der Waals surface area contributed by atoms with Crippen LogP contribution in [-0.2, 0) is 17.6 Å². The van der Waals surface area contributed by atoms with E-state index in [0.717, 1.165) is 25.1 Å². The molecule has 1 atom stereocenters. The molecule has 1 unspecified atom stereocenters. The third kappa shape index (κ3) is 3.46. The van der Waals surface area contributed by atoms with Crippen molar-refractivity contribution >= 4 is 11.6 Å². The maximum absolute atomic E-state index is 12.5. The molecule has 2 rings (SSSR count). The van der Waals surface area contributed by atoms with Crippen molar-refractivity contribution in [2.45, 2.75) is 53.5 Å². The van der Waals surface area contributed by atoms with Gasteiger partial charge in [0, 0.05) is 23.7 Å². The van der Waals surface area contributed by atoms with Crippen LogP contribution in [0.1, 0.15) is 45.7 Å². The topological polar surface area (TPSA) is 46.3 Å². The Morgan fingerprint density at radius 1 is 1.33 bits per heavy atom. The number of rotatable bonds is 3. The van der Waals surface area contributed by atoms with Crippen LogP contribution >= 0.6 is 0 Å². The molecule has 0 bridgehead atoms. The van der Waals surface area contributed by atoms with Gasteiger partial charge in [-0.15, -0.1) is 0 Å². The standard InChI is InChI=1S/C18H28N2O/c1-12(2)15(19)11-13-6-7-16-14(10-13)8-9-20(16)17(21)18(3,4)5/h6-7,10,12,15H,8-9,11,19H2,1-5H3. The Morgan fingerprint density at radius 3 is 2.57 bits per heavy atom. The molecule has 0 radical (unpaired) electrons. The van der Waals surface area contributed by atoms with Gasteiger partial charge in [0.25, 0.3) is 0 Å². The Kier molecular flexibility index (Phi) is 4.43. The van der Waals surface area contributed by atoms with Crippen LogP contribution in [0.3, 0.4) is 0 Å². The Hall–Kier alpha value is -1.35. The zero-order valence-electron chi connectivity index (χ0n) is 13.9. The number of benzene rings is 1. The monoisotopic (exact) mass is 288 g/mol. The van der Waals surface area contributed by atoms with E-state index in [2.05, 4.69) is 32.0 Å². The summed E-state index contributed by atoms with van der Waals surface area (Å²) in [6.45, 7) is 11.0. The Balaban J connectivity index is 2.19. The highest BCUT2D eigenvalue weighted by molar-refractivity contribution is 5.98. The first-order valence-corrected chi connectivity index (χ1v) is 7.89. The van der Waals surface area contributed by atoms with E-state index in [4.69, 9.17) is 5.73 Å². The summed E-state index contributed by atoms with van der Waals surface area (Å²) in [5.41, 5.74) is 9.47. The Bertz CT molecular complexity index is 529. The second kappa shape index (κ2) is 5.80. The fraction of sp³-hybridized carbons (Fsp3) is 0.611. The number of anilines is 1. The van der Waals surface area contributed by atoms with Gasteiger partial charge in [0.15, 0.2) is 0 Å². The molecule has 0 saturated heterocycles. The second-order valence-corrected chi connectivity index (χ2v) is 7.53. The van der Waals surface area contributed by atoms with E-state index in [9.17, 15) is 4.79 Å². The summed E-state index contributed by atoms with van der Waals surface area (Å²) in [5.74, 6) is 0.685. The molecule has 0 fully saturated rings. The highest BCUT2D eigenvalue weighted by Gasteiger charge is 2.32. The summed E-state index contributed by atoms with van der Waals surface area (Å²) in [4.78, 5) is 14.4. The molecular formula is C18H28N2O. The van der Waals surface area contributed by atoms with E-state index in [0.29, 0.717) is 5.92 Å². The van der Waals surface area contributed by atoms with E-state index in [1.54, 1.807) is 0 Å². The fourth-order valence-corrected chi connectivity index (χ4v) is 2.71. The molecule has 1 heterocycles. The molecule has 3 heteroatoms. The summed E-state index contributed by atoms with van der Waals surface area (Å²) >= 11 is 0. The number of hydrogen-bond acceptors (Lipinski definition) is 2. The smallest absolute Gasteiger partial charge is 0.232 e. The summed E-state index contributed by atoms with van der Waals surface area (Å²) in [5, 5.41) is 0. The molecule has 1 aromatic carbocycles. The lowest BCUT2D eigenvalue weighted by Crippen LogP contribution is -2.38. The van der Waals surface area contributed by atoms with Crippen LogP contribution in [0.2, 0.25) is 0 Å². The van der Waals surface area contributed by atoms with Gasteiger partial charge in [-0.3, -0.25) is 4.79 Å². The second-order valence-electron chi connectivity index (χ2n) is 7.53. The SMILES string of the molecule is CC(C)C(N)Cc1ccc2c(c1)CCN2C(=O)C(C)(C)C. The van der Waals surface area contributed by atoms with Crippen molar-refractivity contribution in [3.8, 4) is 0 Å². The highest BCUT2D eigenvalue weighted by atomic mass is 16.2. The van der Waals surface area contributed by atoms with Gasteiger partial charge in [0.1, 0.15) is 0 Å². The molecule has 0 aliphatic carbocycles. The van der Waals surface area contributed by atoms with Crippen molar-refractivity contribution in [2.75, 3.05) is 11.4 Å². The number of carbonyl (C=O) groups excluding carboxylic acids is 1. The molecule has 21 heavy (non-hydrogen) atoms. The molecule has 2 N–H and O–H groups in total. The average Bonchev–Trinajstić information content (AvgIpc) is 2.79. The van der Waals surface area contributed by atoms with Crippen LogP contribution in [0.25, 0.3) is 0 Å². The van der Waals surface area contributed by atoms with E-state index < -0.39 is 0 Å². The predicted octanol–water partition coefficient (Wildman–Crippen LogP) is 3.15. The van der Waals surface area contributed by atoms with Gasteiger partial charge >= 0.3 is 0 Å². The number of amides is 1. The lowest BCUT2D eigenvalue weighted by atomic mass is 9.94. The highest BCUT2D eigenvalue weighted by Crippen LogP contribution is 2.32. The third-order valence-corrected chi connectivity index (χ3v) is 4.25. The quantitative estimate of drug-likeness (QED) is 0.928. The molecule has 1 aromatic rings. The van der Waals surface area contributed by atoms with E-state index in [1.807, 2.05) is 25.7 Å². The maximum atomic E-state index is 12.5. The van der Waals surface area contributed by atoms with Crippen LogP contribution in [0.5, 0.6) is 0 Å². The first-order valence-electron chi connectivity index (χ1n) is 7.89. The molecule has 0 aromatic heterocycles. The molecule has 1 aliphatic rings. The van der Waals surface area contributed by atoms with Crippen LogP contribution in [0, 0.1) is 11.3 Å². The van der Waals surface area contributed by atoms with Gasteiger partial charge < -0.3 is 10.6 Å². The van der Waals surface area contributed by atoms with Crippen molar-refractivity contribution in [1.82, 2.24) is 0 Å². The minimum Gasteiger partial charge on any atom is -0.327 e. The number of nitrogens with two attached hydrogens (primary N) is 1. The first-order chi connectivity index (χ1) is 9.70. The van der Waals surface area contributed by atoms with Gasteiger partial charge in [-0.2, -0.15) is 0 Å². The van der Waals surface area contributed by atoms with Gasteiger partial charge in [0.2, 0.25) is 5.91 Å². The van der Waals surface area contributed by atoms with Gasteiger partial charge in [-0.05, 0) is 36.0 Å². The van der Waals surface area contributed by atoms with Crippen molar-refractivity contribution in [3.63, 3.8) is 0 Å². The molecule has 3 nitrogen and oxygen atoms in total. The minimum absolute atomic E-state index is 0.191. The zero-order valence-corrected chi connectivity index (χ0v) is 13.9. The molecule has 1 amide bonds. The van der Waals surface area contributed by atoms with Crippen LogP contribution in [-0.4, -0.2) is 18.5 Å². The van der Waals surface area contributed by atoms with Crippen molar-refractivity contribution in [3.05, 3.63) is 29.3 Å². The molecule has 0 spiro atoms. The summed E-state index contributed by atoms with van der Waals surface area (Å²) < 4.78 is 0. The molecule has 1 aliphatic heterocycles. The number of nitrogens with zero attached hydrogens (tertiary/aromatic N) is 1. The number of hydrogen-bond donors (Lipinski definition) is 1. The normalized spacial score (nSPS) is 16.2. The zero-order chi connectivity index (χ0) is 15.8. The van der Waals surface area contributed by atoms with Gasteiger partial charge in [-0.25, -0.2) is 0 Å². The summed E-state index contributed by atoms with van der Waals surface area (Å²) in [6, 6.07) is 6.63. The molecule has 116 valence electrons. The van der Waals surface area contributed by atoms with Crippen molar-refractivity contribution in [1.29, 1.82) is 0 Å². The van der Waals surface area contributed by atoms with Crippen LogP contribution < -0.4 is 10.6 Å². The van der Waals surface area contributed by atoms with Crippen LogP contribution in [0.15, 0.2) is 18.2 Å². The lowest BCUT2D eigenvalue weighted by Gasteiger charge is -2.26. The lowest BCUT2D eigenvalue weighted by molar-refractivity contribution is -0.125. The summed E-state index contributed by atoms with van der Waals surface area (Å²) in [7, 11) is 0. The Morgan fingerprint density at radius 2 is 2.00 bits per heavy atom. The maximum Gasteiger partial charge on any atom is 0.232 e. The van der Waals surface area contributed by atoms with Gasteiger partial charge in [-0.1, -0.05) is 46.8 Å². The van der Waals surface area contributed by atoms with Crippen molar-refractivity contribution in [2.24, 2.45) is 17.1 Å². The van der Waals surface area contributed by atoms with Gasteiger partial charge in [0.05, 0.1) is 0 Å². The first kappa shape index (κ1) is 16.0. The predicted molar refractivity (Wildman–Crippen MR) is 88.5 cm³/mol.